The first-order chi connectivity index (χ1) is 12.1. The minimum absolute atomic E-state index is 0.0577. The maximum atomic E-state index is 12.3. The van der Waals surface area contributed by atoms with E-state index in [0.29, 0.717) is 37.4 Å². The first kappa shape index (κ1) is 17.6. The summed E-state index contributed by atoms with van der Waals surface area (Å²) in [6.07, 6.45) is 3.77. The Labute approximate surface area is 147 Å². The van der Waals surface area contributed by atoms with Crippen molar-refractivity contribution < 1.29 is 13.7 Å². The Bertz CT molecular complexity index is 670. The smallest absolute Gasteiger partial charge is 0.236 e. The van der Waals surface area contributed by atoms with E-state index in [1.165, 1.54) is 0 Å². The van der Waals surface area contributed by atoms with E-state index in [0.717, 1.165) is 31.7 Å². The van der Waals surface area contributed by atoms with Crippen molar-refractivity contribution in [3.63, 3.8) is 0 Å². The van der Waals surface area contributed by atoms with E-state index in [-0.39, 0.29) is 5.91 Å². The maximum Gasteiger partial charge on any atom is 0.236 e. The lowest BCUT2D eigenvalue weighted by Crippen LogP contribution is -2.48. The number of rotatable bonds is 7. The summed E-state index contributed by atoms with van der Waals surface area (Å²) < 4.78 is 10.3. The van der Waals surface area contributed by atoms with Crippen LogP contribution in [-0.2, 0) is 17.9 Å². The van der Waals surface area contributed by atoms with Gasteiger partial charge in [-0.05, 0) is 31.5 Å². The Hall–Kier alpha value is -2.19. The third-order valence-corrected chi connectivity index (χ3v) is 4.38. The topological polar surface area (TPSA) is 87.6 Å². The van der Waals surface area contributed by atoms with E-state index in [1.807, 2.05) is 12.1 Å². The predicted octanol–water partition coefficient (Wildman–Crippen LogP) is 1.18. The van der Waals surface area contributed by atoms with Gasteiger partial charge in [0.2, 0.25) is 11.8 Å². The lowest BCUT2D eigenvalue weighted by Gasteiger charge is -2.32. The summed E-state index contributed by atoms with van der Waals surface area (Å²) in [6.45, 7) is 5.18. The van der Waals surface area contributed by atoms with Crippen molar-refractivity contribution in [2.45, 2.75) is 38.9 Å². The standard InChI is InChI=1S/C17H25N5O3/c1-13-19-16(20-25-13)12-22-7-3-5-14(10-22)18-9-17(23)21(2)11-15-6-4-8-24-15/h4,6,8,14,18H,3,5,7,9-12H2,1-2H3. The first-order valence-corrected chi connectivity index (χ1v) is 8.61. The number of nitrogens with zero attached hydrogens (tertiary/aromatic N) is 4. The fourth-order valence-electron chi connectivity index (χ4n) is 3.06. The molecule has 1 aliphatic heterocycles. The van der Waals surface area contributed by atoms with Gasteiger partial charge in [-0.2, -0.15) is 4.98 Å². The molecule has 0 aromatic carbocycles. The van der Waals surface area contributed by atoms with Crippen LogP contribution in [0.2, 0.25) is 0 Å². The number of hydrogen-bond donors (Lipinski definition) is 1. The van der Waals surface area contributed by atoms with Gasteiger partial charge in [0.05, 0.1) is 25.9 Å². The van der Waals surface area contributed by atoms with Crippen LogP contribution in [0.4, 0.5) is 0 Å². The normalized spacial score (nSPS) is 18.4. The number of likely N-dealkylation sites (tertiary alicyclic amines) is 1. The molecule has 25 heavy (non-hydrogen) atoms. The van der Waals surface area contributed by atoms with Gasteiger partial charge in [0.1, 0.15) is 5.76 Å². The molecule has 1 N–H and O–H groups in total. The van der Waals surface area contributed by atoms with Gasteiger partial charge in [-0.3, -0.25) is 9.69 Å². The van der Waals surface area contributed by atoms with Gasteiger partial charge in [-0.15, -0.1) is 0 Å². The van der Waals surface area contributed by atoms with Crippen molar-refractivity contribution in [3.05, 3.63) is 35.9 Å². The number of nitrogens with one attached hydrogen (secondary N) is 1. The molecule has 1 fully saturated rings. The van der Waals surface area contributed by atoms with Crippen molar-refractivity contribution in [3.8, 4) is 0 Å². The van der Waals surface area contributed by atoms with Crippen molar-refractivity contribution >= 4 is 5.91 Å². The van der Waals surface area contributed by atoms with Crippen molar-refractivity contribution in [2.75, 3.05) is 26.7 Å². The molecule has 3 heterocycles. The highest BCUT2D eigenvalue weighted by atomic mass is 16.5. The van der Waals surface area contributed by atoms with E-state index < -0.39 is 0 Å². The molecular formula is C17H25N5O3. The quantitative estimate of drug-likeness (QED) is 0.805. The number of carbonyl (C=O) groups is 1. The molecule has 1 unspecified atom stereocenters. The van der Waals surface area contributed by atoms with Gasteiger partial charge in [0.25, 0.3) is 0 Å². The summed E-state index contributed by atoms with van der Waals surface area (Å²) in [7, 11) is 1.79. The molecule has 1 saturated heterocycles. The number of hydrogen-bond acceptors (Lipinski definition) is 7. The van der Waals surface area contributed by atoms with Crippen molar-refractivity contribution in [2.24, 2.45) is 0 Å². The molecule has 1 aliphatic rings. The average molecular weight is 347 g/mol. The number of furan rings is 1. The number of piperidine rings is 1. The number of aryl methyl sites for hydroxylation is 1. The fraction of sp³-hybridized carbons (Fsp3) is 0.588. The van der Waals surface area contributed by atoms with Gasteiger partial charge in [0.15, 0.2) is 5.82 Å². The van der Waals surface area contributed by atoms with Gasteiger partial charge in [-0.1, -0.05) is 5.16 Å². The third kappa shape index (κ3) is 5.14. The zero-order valence-electron chi connectivity index (χ0n) is 14.8. The molecule has 0 radical (unpaired) electrons. The molecular weight excluding hydrogens is 322 g/mol. The molecule has 0 saturated carbocycles. The van der Waals surface area contributed by atoms with Crippen LogP contribution in [0.1, 0.15) is 30.3 Å². The lowest BCUT2D eigenvalue weighted by atomic mass is 10.1. The second-order valence-corrected chi connectivity index (χ2v) is 6.51. The second kappa shape index (κ2) is 8.26. The second-order valence-electron chi connectivity index (χ2n) is 6.51. The average Bonchev–Trinajstić information content (AvgIpc) is 3.25. The van der Waals surface area contributed by atoms with Crippen molar-refractivity contribution in [1.82, 2.24) is 25.3 Å². The molecule has 2 aromatic rings. The summed E-state index contributed by atoms with van der Waals surface area (Å²) >= 11 is 0. The van der Waals surface area contributed by atoms with Crippen LogP contribution in [0.15, 0.2) is 27.3 Å². The molecule has 1 atom stereocenters. The number of likely N-dealkylation sites (N-methyl/N-ethyl adjacent to an activating group) is 1. The summed E-state index contributed by atoms with van der Waals surface area (Å²) in [5.41, 5.74) is 0. The Kier molecular flexibility index (Phi) is 5.83. The summed E-state index contributed by atoms with van der Waals surface area (Å²) in [5.74, 6) is 2.15. The highest BCUT2D eigenvalue weighted by Crippen LogP contribution is 2.12. The highest BCUT2D eigenvalue weighted by Gasteiger charge is 2.22. The SMILES string of the molecule is Cc1nc(CN2CCCC(NCC(=O)N(C)Cc3ccco3)C2)no1. The van der Waals surface area contributed by atoms with E-state index >= 15 is 0 Å². The van der Waals surface area contributed by atoms with Crippen LogP contribution in [0.5, 0.6) is 0 Å². The molecule has 8 heteroatoms. The predicted molar refractivity (Wildman–Crippen MR) is 90.5 cm³/mol. The van der Waals surface area contributed by atoms with E-state index in [1.54, 1.807) is 25.1 Å². The zero-order chi connectivity index (χ0) is 17.6. The van der Waals surface area contributed by atoms with Gasteiger partial charge >= 0.3 is 0 Å². The van der Waals surface area contributed by atoms with Crippen LogP contribution in [0.3, 0.4) is 0 Å². The molecule has 0 bridgehead atoms. The van der Waals surface area contributed by atoms with Crippen LogP contribution in [-0.4, -0.2) is 58.6 Å². The van der Waals surface area contributed by atoms with Crippen LogP contribution < -0.4 is 5.32 Å². The zero-order valence-corrected chi connectivity index (χ0v) is 14.8. The fourth-order valence-corrected chi connectivity index (χ4v) is 3.06. The minimum atomic E-state index is 0.0577. The Balaban J connectivity index is 1.42. The van der Waals surface area contributed by atoms with Crippen LogP contribution in [0, 0.1) is 6.92 Å². The van der Waals surface area contributed by atoms with Gasteiger partial charge in [0, 0.05) is 26.6 Å². The summed E-state index contributed by atoms with van der Waals surface area (Å²) in [5, 5.41) is 7.33. The van der Waals surface area contributed by atoms with E-state index in [4.69, 9.17) is 8.94 Å². The first-order valence-electron chi connectivity index (χ1n) is 8.61. The van der Waals surface area contributed by atoms with Crippen LogP contribution in [0.25, 0.3) is 0 Å². The van der Waals surface area contributed by atoms with E-state index in [9.17, 15) is 4.79 Å². The summed E-state index contributed by atoms with van der Waals surface area (Å²) in [6, 6.07) is 3.99. The molecule has 8 nitrogen and oxygen atoms in total. The third-order valence-electron chi connectivity index (χ3n) is 4.38. The summed E-state index contributed by atoms with van der Waals surface area (Å²) in [4.78, 5) is 20.5. The molecule has 136 valence electrons. The Morgan fingerprint density at radius 2 is 2.40 bits per heavy atom. The molecule has 1 amide bonds. The number of amides is 1. The van der Waals surface area contributed by atoms with E-state index in [2.05, 4.69) is 20.4 Å². The number of carbonyl (C=O) groups excluding carboxylic acids is 1. The monoisotopic (exact) mass is 347 g/mol. The molecule has 2 aromatic heterocycles. The van der Waals surface area contributed by atoms with Crippen LogP contribution >= 0.6 is 0 Å². The van der Waals surface area contributed by atoms with Gasteiger partial charge < -0.3 is 19.2 Å². The minimum Gasteiger partial charge on any atom is -0.467 e. The largest absolute Gasteiger partial charge is 0.467 e. The molecule has 0 spiro atoms. The number of aromatic nitrogens is 2. The van der Waals surface area contributed by atoms with Gasteiger partial charge in [-0.25, -0.2) is 0 Å². The Morgan fingerprint density at radius 3 is 3.12 bits per heavy atom. The highest BCUT2D eigenvalue weighted by molar-refractivity contribution is 5.77. The maximum absolute atomic E-state index is 12.3. The van der Waals surface area contributed by atoms with Crippen molar-refractivity contribution in [1.29, 1.82) is 0 Å². The molecule has 0 aliphatic carbocycles. The Morgan fingerprint density at radius 1 is 1.52 bits per heavy atom. The lowest BCUT2D eigenvalue weighted by molar-refractivity contribution is -0.129. The molecule has 3 rings (SSSR count).